The van der Waals surface area contributed by atoms with Gasteiger partial charge in [-0.05, 0) is 31.2 Å². The number of aromatic nitrogens is 2. The molecule has 2 nitrogen and oxygen atoms in total. The second-order valence-corrected chi connectivity index (χ2v) is 5.51. The first-order valence-corrected chi connectivity index (χ1v) is 6.69. The van der Waals surface area contributed by atoms with Gasteiger partial charge in [0.15, 0.2) is 0 Å². The quantitative estimate of drug-likeness (QED) is 0.812. The van der Waals surface area contributed by atoms with Gasteiger partial charge in [0.25, 0.3) is 0 Å². The van der Waals surface area contributed by atoms with E-state index in [2.05, 4.69) is 27.5 Å². The van der Waals surface area contributed by atoms with E-state index in [-0.39, 0.29) is 0 Å². The largest absolute Gasteiger partial charge is 0.342 e. The van der Waals surface area contributed by atoms with Gasteiger partial charge in [-0.2, -0.15) is 0 Å². The van der Waals surface area contributed by atoms with Gasteiger partial charge in [0.1, 0.15) is 10.5 Å². The van der Waals surface area contributed by atoms with Gasteiger partial charge in [-0.25, -0.2) is 4.98 Å². The summed E-state index contributed by atoms with van der Waals surface area (Å²) in [5.74, 6) is 1.68. The number of hydrogen-bond donors (Lipinski definition) is 1. The van der Waals surface area contributed by atoms with E-state index in [0.29, 0.717) is 5.92 Å². The van der Waals surface area contributed by atoms with Gasteiger partial charge in [0.05, 0.1) is 10.6 Å². The molecule has 0 aromatic carbocycles. The maximum Gasteiger partial charge on any atom is 0.133 e. The molecule has 0 unspecified atom stereocenters. The van der Waals surface area contributed by atoms with E-state index < -0.39 is 0 Å². The Morgan fingerprint density at radius 3 is 2.94 bits per heavy atom. The van der Waals surface area contributed by atoms with E-state index >= 15 is 0 Å². The standard InChI is InChI=1S/C12H12N2S2/c1-7-10(9-3-2-6-16-9)13-11(8-4-5-8)14-12(7)15/h2-3,6,8H,4-5H2,1H3,(H,13,14,15). The molecule has 0 atom stereocenters. The first-order chi connectivity index (χ1) is 7.75. The molecule has 1 saturated carbocycles. The maximum atomic E-state index is 5.32. The zero-order valence-electron chi connectivity index (χ0n) is 8.99. The van der Waals surface area contributed by atoms with E-state index in [1.54, 1.807) is 11.3 Å². The Kier molecular flexibility index (Phi) is 2.41. The lowest BCUT2D eigenvalue weighted by molar-refractivity contribution is 0.915. The predicted molar refractivity (Wildman–Crippen MR) is 69.4 cm³/mol. The molecule has 2 aromatic rings. The molecule has 0 amide bonds. The third-order valence-electron chi connectivity index (χ3n) is 2.90. The molecular formula is C12H12N2S2. The molecule has 1 fully saturated rings. The van der Waals surface area contributed by atoms with Crippen LogP contribution in [0.3, 0.4) is 0 Å². The van der Waals surface area contributed by atoms with Crippen LogP contribution in [0.25, 0.3) is 10.6 Å². The van der Waals surface area contributed by atoms with Crippen molar-refractivity contribution in [2.45, 2.75) is 25.7 Å². The molecule has 16 heavy (non-hydrogen) atoms. The van der Waals surface area contributed by atoms with Crippen LogP contribution in [0.5, 0.6) is 0 Å². The molecule has 0 saturated heterocycles. The highest BCUT2D eigenvalue weighted by molar-refractivity contribution is 7.71. The van der Waals surface area contributed by atoms with Crippen LogP contribution in [0.1, 0.15) is 30.1 Å². The minimum absolute atomic E-state index is 0.612. The molecule has 82 valence electrons. The van der Waals surface area contributed by atoms with E-state index in [0.717, 1.165) is 21.7 Å². The lowest BCUT2D eigenvalue weighted by Crippen LogP contribution is -1.98. The highest BCUT2D eigenvalue weighted by Gasteiger charge is 2.26. The van der Waals surface area contributed by atoms with Crippen molar-refractivity contribution in [1.29, 1.82) is 0 Å². The molecule has 2 heterocycles. The summed E-state index contributed by atoms with van der Waals surface area (Å²) in [5.41, 5.74) is 2.23. The van der Waals surface area contributed by atoms with E-state index in [4.69, 9.17) is 12.2 Å². The topological polar surface area (TPSA) is 28.7 Å². The average Bonchev–Trinajstić information content (AvgIpc) is 2.98. The monoisotopic (exact) mass is 248 g/mol. The van der Waals surface area contributed by atoms with Crippen LogP contribution in [0, 0.1) is 11.6 Å². The van der Waals surface area contributed by atoms with Crippen molar-refractivity contribution in [3.63, 3.8) is 0 Å². The summed E-state index contributed by atoms with van der Waals surface area (Å²) >= 11 is 7.06. The molecule has 2 aromatic heterocycles. The SMILES string of the molecule is Cc1c(-c2cccs2)[nH]c(C2CC2)nc1=S. The molecule has 0 spiro atoms. The number of hydrogen-bond acceptors (Lipinski definition) is 3. The van der Waals surface area contributed by atoms with Gasteiger partial charge in [-0.1, -0.05) is 18.3 Å². The number of aromatic amines is 1. The van der Waals surface area contributed by atoms with Crippen LogP contribution in [0.2, 0.25) is 0 Å². The van der Waals surface area contributed by atoms with E-state index in [1.165, 1.54) is 17.7 Å². The Morgan fingerprint density at radius 1 is 1.50 bits per heavy atom. The first-order valence-electron chi connectivity index (χ1n) is 5.40. The normalized spacial score (nSPS) is 15.3. The van der Waals surface area contributed by atoms with Crippen molar-refractivity contribution in [3.8, 4) is 10.6 Å². The fraction of sp³-hybridized carbons (Fsp3) is 0.333. The Morgan fingerprint density at radius 2 is 2.31 bits per heavy atom. The number of rotatable bonds is 2. The summed E-state index contributed by atoms with van der Waals surface area (Å²) in [6, 6.07) is 4.18. The fourth-order valence-electron chi connectivity index (χ4n) is 1.77. The maximum absolute atomic E-state index is 5.32. The van der Waals surface area contributed by atoms with E-state index in [9.17, 15) is 0 Å². The Labute approximate surface area is 103 Å². The lowest BCUT2D eigenvalue weighted by Gasteiger charge is -2.07. The van der Waals surface area contributed by atoms with Crippen molar-refractivity contribution in [3.05, 3.63) is 33.5 Å². The molecule has 1 aliphatic carbocycles. The van der Waals surface area contributed by atoms with Gasteiger partial charge in [-0.3, -0.25) is 0 Å². The van der Waals surface area contributed by atoms with E-state index in [1.807, 2.05) is 6.92 Å². The minimum atomic E-state index is 0.612. The summed E-state index contributed by atoms with van der Waals surface area (Å²) in [6.45, 7) is 2.04. The summed E-state index contributed by atoms with van der Waals surface area (Å²) in [7, 11) is 0. The van der Waals surface area contributed by atoms with Gasteiger partial charge in [0.2, 0.25) is 0 Å². The number of nitrogens with zero attached hydrogens (tertiary/aromatic N) is 1. The fourth-order valence-corrected chi connectivity index (χ4v) is 2.75. The summed E-state index contributed by atoms with van der Waals surface area (Å²) in [5, 5.41) is 2.09. The number of nitrogens with one attached hydrogen (secondary N) is 1. The summed E-state index contributed by atoms with van der Waals surface area (Å²) in [4.78, 5) is 9.16. The predicted octanol–water partition coefficient (Wildman–Crippen LogP) is 4.05. The van der Waals surface area contributed by atoms with Gasteiger partial charge in [-0.15, -0.1) is 11.3 Å². The lowest BCUT2D eigenvalue weighted by atomic mass is 10.2. The molecule has 0 aliphatic heterocycles. The third kappa shape index (κ3) is 1.72. The number of H-pyrrole nitrogens is 1. The second kappa shape index (κ2) is 3.79. The molecule has 0 radical (unpaired) electrons. The Bertz CT molecular complexity index is 565. The van der Waals surface area contributed by atoms with Crippen LogP contribution in [0.4, 0.5) is 0 Å². The van der Waals surface area contributed by atoms with Crippen molar-refractivity contribution >= 4 is 23.6 Å². The highest BCUT2D eigenvalue weighted by Crippen LogP contribution is 2.39. The van der Waals surface area contributed by atoms with Crippen molar-refractivity contribution < 1.29 is 0 Å². The molecule has 1 aliphatic rings. The Balaban J connectivity index is 2.19. The smallest absolute Gasteiger partial charge is 0.133 e. The minimum Gasteiger partial charge on any atom is -0.342 e. The average molecular weight is 248 g/mol. The molecule has 3 rings (SSSR count). The van der Waals surface area contributed by atoms with Crippen molar-refractivity contribution in [1.82, 2.24) is 9.97 Å². The first kappa shape index (κ1) is 10.2. The van der Waals surface area contributed by atoms with Gasteiger partial charge < -0.3 is 4.98 Å². The second-order valence-electron chi connectivity index (χ2n) is 4.18. The Hall–Kier alpha value is -1.00. The van der Waals surface area contributed by atoms with Gasteiger partial charge >= 0.3 is 0 Å². The number of thiophene rings is 1. The zero-order valence-corrected chi connectivity index (χ0v) is 10.6. The van der Waals surface area contributed by atoms with Crippen LogP contribution in [-0.2, 0) is 0 Å². The summed E-state index contributed by atoms with van der Waals surface area (Å²) < 4.78 is 0.740. The van der Waals surface area contributed by atoms with Crippen LogP contribution < -0.4 is 0 Å². The zero-order chi connectivity index (χ0) is 11.1. The molecule has 0 bridgehead atoms. The van der Waals surface area contributed by atoms with Gasteiger partial charge in [0, 0.05) is 11.5 Å². The third-order valence-corrected chi connectivity index (χ3v) is 4.19. The molecule has 1 N–H and O–H groups in total. The van der Waals surface area contributed by atoms with Crippen LogP contribution in [0.15, 0.2) is 17.5 Å². The molecule has 4 heteroatoms. The van der Waals surface area contributed by atoms with Crippen LogP contribution in [-0.4, -0.2) is 9.97 Å². The van der Waals surface area contributed by atoms with Crippen LogP contribution >= 0.6 is 23.6 Å². The van der Waals surface area contributed by atoms with Crippen molar-refractivity contribution in [2.75, 3.05) is 0 Å². The summed E-state index contributed by atoms with van der Waals surface area (Å²) in [6.07, 6.45) is 2.48. The highest BCUT2D eigenvalue weighted by atomic mass is 32.1. The molecular weight excluding hydrogens is 236 g/mol. The van der Waals surface area contributed by atoms with Crippen molar-refractivity contribution in [2.24, 2.45) is 0 Å².